The van der Waals surface area contributed by atoms with Gasteiger partial charge in [-0.1, -0.05) is 48.6 Å². The molecule has 0 fully saturated rings. The predicted molar refractivity (Wildman–Crippen MR) is 130 cm³/mol. The van der Waals surface area contributed by atoms with E-state index in [-0.39, 0.29) is 0 Å². The van der Waals surface area contributed by atoms with Gasteiger partial charge < -0.3 is 0 Å². The van der Waals surface area contributed by atoms with Crippen LogP contribution < -0.4 is 0 Å². The SMILES string of the molecule is C=Nc1c(/C=C\C)c2ccccc2p1-p1c(N=C)c(/C=C\C)c2cccnc21. The molecule has 3 heterocycles. The number of rotatable bonds is 5. The molecule has 0 bridgehead atoms. The van der Waals surface area contributed by atoms with Crippen LogP contribution in [-0.2, 0) is 0 Å². The van der Waals surface area contributed by atoms with Gasteiger partial charge in [-0.2, -0.15) is 0 Å². The monoisotopic (exact) mass is 401 g/mol. The number of benzene rings is 1. The highest BCUT2D eigenvalue weighted by atomic mass is 32.0. The zero-order valence-corrected chi connectivity index (χ0v) is 17.8. The molecule has 0 N–H and O–H groups in total. The van der Waals surface area contributed by atoms with E-state index in [9.17, 15) is 0 Å². The molecule has 5 heteroatoms. The maximum Gasteiger partial charge on any atom is 0.0996 e. The lowest BCUT2D eigenvalue weighted by molar-refractivity contribution is 1.45. The summed E-state index contributed by atoms with van der Waals surface area (Å²) < 4.78 is 0. The maximum atomic E-state index is 4.81. The van der Waals surface area contributed by atoms with Gasteiger partial charge in [0, 0.05) is 27.8 Å². The number of nitrogens with zero attached hydrogens (tertiary/aromatic N) is 3. The average molecular weight is 401 g/mol. The summed E-state index contributed by atoms with van der Waals surface area (Å²) in [6.07, 6.45) is 10.3. The topological polar surface area (TPSA) is 37.6 Å². The second kappa shape index (κ2) is 7.72. The van der Waals surface area contributed by atoms with Crippen molar-refractivity contribution in [3.8, 4) is 0 Å². The molecule has 0 aliphatic heterocycles. The van der Waals surface area contributed by atoms with Crippen LogP contribution in [0.25, 0.3) is 33.3 Å². The van der Waals surface area contributed by atoms with Crippen molar-refractivity contribution in [2.75, 3.05) is 0 Å². The standard InChI is InChI=1S/C23H21N3P2/c1-5-10-17-16-12-7-8-14-20(16)27(21(17)24-3)28-22(25-4)18(11-6-2)19-13-9-15-26-23(19)28/h5-15H,3-4H2,1-2H3/b10-5-,11-6-. The summed E-state index contributed by atoms with van der Waals surface area (Å²) in [5, 5.41) is 4.87. The molecule has 4 aromatic rings. The van der Waals surface area contributed by atoms with Crippen LogP contribution in [0.1, 0.15) is 25.0 Å². The molecule has 138 valence electrons. The van der Waals surface area contributed by atoms with E-state index >= 15 is 0 Å². The molecule has 4 rings (SSSR count). The number of fused-ring (bicyclic) bond motifs is 2. The molecule has 0 radical (unpaired) electrons. The van der Waals surface area contributed by atoms with Crippen LogP contribution in [0.3, 0.4) is 0 Å². The molecule has 0 aliphatic carbocycles. The molecule has 3 nitrogen and oxygen atoms in total. The largest absolute Gasteiger partial charge is 0.259 e. The Morgan fingerprint density at radius 3 is 2.11 bits per heavy atom. The molecule has 2 atom stereocenters. The Labute approximate surface area is 166 Å². The minimum Gasteiger partial charge on any atom is -0.259 e. The summed E-state index contributed by atoms with van der Waals surface area (Å²) in [6.45, 7) is 11.9. The van der Waals surface area contributed by atoms with Crippen molar-refractivity contribution in [3.05, 3.63) is 65.9 Å². The van der Waals surface area contributed by atoms with E-state index in [4.69, 9.17) is 4.98 Å². The quantitative estimate of drug-likeness (QED) is 0.309. The van der Waals surface area contributed by atoms with Gasteiger partial charge >= 0.3 is 0 Å². The summed E-state index contributed by atoms with van der Waals surface area (Å²) >= 11 is 0. The third-order valence-corrected chi connectivity index (χ3v) is 11.9. The fourth-order valence-electron chi connectivity index (χ4n) is 3.70. The zero-order valence-electron chi connectivity index (χ0n) is 16.0. The first-order valence-corrected chi connectivity index (χ1v) is 12.5. The zero-order chi connectivity index (χ0) is 19.7. The van der Waals surface area contributed by atoms with Crippen LogP contribution in [0.5, 0.6) is 0 Å². The lowest BCUT2D eigenvalue weighted by Gasteiger charge is -2.06. The van der Waals surface area contributed by atoms with Crippen molar-refractivity contribution in [2.24, 2.45) is 9.98 Å². The average Bonchev–Trinajstić information content (AvgIpc) is 3.21. The van der Waals surface area contributed by atoms with Gasteiger partial charge in [0.15, 0.2) is 0 Å². The van der Waals surface area contributed by atoms with E-state index in [1.165, 1.54) is 16.1 Å². The van der Waals surface area contributed by atoms with Crippen LogP contribution in [0.15, 0.2) is 64.7 Å². The van der Waals surface area contributed by atoms with Crippen molar-refractivity contribution < 1.29 is 0 Å². The Balaban J connectivity index is 2.26. The van der Waals surface area contributed by atoms with Crippen LogP contribution in [-0.4, -0.2) is 18.4 Å². The number of aliphatic imine (C=N–C) groups is 2. The second-order valence-corrected chi connectivity index (χ2v) is 11.7. The van der Waals surface area contributed by atoms with Crippen molar-refractivity contribution in [1.29, 1.82) is 0 Å². The highest BCUT2D eigenvalue weighted by Crippen LogP contribution is 2.76. The van der Waals surface area contributed by atoms with Gasteiger partial charge in [0.05, 0.1) is 16.1 Å². The molecule has 0 saturated heterocycles. The second-order valence-electron chi connectivity index (χ2n) is 6.31. The molecular formula is C23H21N3P2. The van der Waals surface area contributed by atoms with Crippen LogP contribution in [0, 0.1) is 0 Å². The summed E-state index contributed by atoms with van der Waals surface area (Å²) in [5.41, 5.74) is 4.42. The van der Waals surface area contributed by atoms with Crippen molar-refractivity contribution in [3.63, 3.8) is 0 Å². The molecule has 0 saturated carbocycles. The van der Waals surface area contributed by atoms with Gasteiger partial charge in [-0.3, -0.25) is 15.0 Å². The summed E-state index contributed by atoms with van der Waals surface area (Å²) in [6, 6.07) is 12.7. The first kappa shape index (κ1) is 18.6. The minimum atomic E-state index is -0.818. The minimum absolute atomic E-state index is 0.770. The smallest absolute Gasteiger partial charge is 0.0996 e. The summed E-state index contributed by atoms with van der Waals surface area (Å²) in [4.78, 5) is 13.9. The summed E-state index contributed by atoms with van der Waals surface area (Å²) in [5.74, 6) is 0. The Kier molecular flexibility index (Phi) is 5.13. The Bertz CT molecular complexity index is 1170. The highest BCUT2D eigenvalue weighted by molar-refractivity contribution is 8.28. The lowest BCUT2D eigenvalue weighted by Crippen LogP contribution is -1.71. The van der Waals surface area contributed by atoms with Gasteiger partial charge in [-0.05, 0) is 59.2 Å². The molecular weight excluding hydrogens is 380 g/mol. The Morgan fingerprint density at radius 2 is 1.43 bits per heavy atom. The fourth-order valence-corrected chi connectivity index (χ4v) is 11.7. The molecule has 2 unspecified atom stereocenters. The molecule has 28 heavy (non-hydrogen) atoms. The highest BCUT2D eigenvalue weighted by Gasteiger charge is 2.24. The molecule has 0 spiro atoms. The predicted octanol–water partition coefficient (Wildman–Crippen LogP) is 8.40. The van der Waals surface area contributed by atoms with Gasteiger partial charge in [-0.25, -0.2) is 0 Å². The molecule has 1 aromatic carbocycles. The number of hydrogen-bond donors (Lipinski definition) is 0. The normalized spacial score (nSPS) is 13.2. The van der Waals surface area contributed by atoms with Crippen molar-refractivity contribution in [1.82, 2.24) is 4.98 Å². The van der Waals surface area contributed by atoms with E-state index in [2.05, 4.69) is 78.1 Å². The van der Waals surface area contributed by atoms with Crippen LogP contribution in [0.4, 0.5) is 10.8 Å². The van der Waals surface area contributed by atoms with Crippen molar-refractivity contribution >= 4 is 72.0 Å². The summed E-state index contributed by atoms with van der Waals surface area (Å²) in [7, 11) is -1.59. The maximum absolute atomic E-state index is 4.81. The number of allylic oxidation sites excluding steroid dienone is 2. The van der Waals surface area contributed by atoms with Gasteiger partial charge in [-0.15, -0.1) is 0 Å². The first-order valence-electron chi connectivity index (χ1n) is 9.09. The van der Waals surface area contributed by atoms with Gasteiger partial charge in [0.1, 0.15) is 0 Å². The molecule has 0 amide bonds. The molecule has 3 aromatic heterocycles. The third-order valence-electron chi connectivity index (χ3n) is 4.75. The lowest BCUT2D eigenvalue weighted by atomic mass is 10.1. The number of aromatic nitrogens is 1. The Hall–Kier alpha value is -2.73. The van der Waals surface area contributed by atoms with Crippen LogP contribution >= 0.6 is 14.4 Å². The first-order chi connectivity index (χ1) is 13.8. The van der Waals surface area contributed by atoms with Gasteiger partial charge in [0.25, 0.3) is 0 Å². The molecule has 0 aliphatic rings. The van der Waals surface area contributed by atoms with E-state index < -0.39 is 14.4 Å². The van der Waals surface area contributed by atoms with Crippen LogP contribution in [0.2, 0.25) is 0 Å². The number of hydrogen-bond acceptors (Lipinski definition) is 3. The van der Waals surface area contributed by atoms with E-state index in [0.717, 1.165) is 27.0 Å². The fraction of sp³-hybridized carbons (Fsp3) is 0.0870. The van der Waals surface area contributed by atoms with Gasteiger partial charge in [0.2, 0.25) is 0 Å². The van der Waals surface area contributed by atoms with E-state index in [1.807, 2.05) is 26.1 Å². The van der Waals surface area contributed by atoms with Crippen molar-refractivity contribution in [2.45, 2.75) is 13.8 Å². The Morgan fingerprint density at radius 1 is 0.821 bits per heavy atom. The van der Waals surface area contributed by atoms with E-state index in [1.54, 1.807) is 0 Å². The third kappa shape index (κ3) is 2.71. The number of pyridine rings is 1. The van der Waals surface area contributed by atoms with E-state index in [0.29, 0.717) is 0 Å².